The van der Waals surface area contributed by atoms with Gasteiger partial charge in [-0.2, -0.15) is 15.0 Å². The zero-order chi connectivity index (χ0) is 61.4. The zero-order valence-electron chi connectivity index (χ0n) is 52.5. The number of fused-ring (bicyclic) bond motifs is 1. The van der Waals surface area contributed by atoms with Crippen molar-refractivity contribution >= 4 is 63.3 Å². The van der Waals surface area contributed by atoms with Gasteiger partial charge >= 0.3 is 24.3 Å². The number of nitrogens with zero attached hydrogens (tertiary/aromatic N) is 9. The van der Waals surface area contributed by atoms with E-state index in [9.17, 15) is 34.5 Å². The molecule has 20 nitrogen and oxygen atoms in total. The Morgan fingerprint density at radius 1 is 0.714 bits per heavy atom. The topological polar surface area (TPSA) is 242 Å². The van der Waals surface area contributed by atoms with Crippen LogP contribution in [-0.4, -0.2) is 175 Å². The first-order valence-corrected chi connectivity index (χ1v) is 31.6. The normalized spacial score (nSPS) is 19.5. The average Bonchev–Trinajstić information content (AvgIpc) is 2.60. The van der Waals surface area contributed by atoms with E-state index in [2.05, 4.69) is 65.0 Å². The Balaban J connectivity index is 1.18. The number of hydrogen-bond acceptors (Lipinski definition) is 14. The molecule has 1 saturated carbocycles. The molecule has 2 aromatic carbocycles. The fourth-order valence-corrected chi connectivity index (χ4v) is 12.8. The summed E-state index contributed by atoms with van der Waals surface area (Å²) in [5.41, 5.74) is 0.855. The van der Waals surface area contributed by atoms with Gasteiger partial charge in [0.15, 0.2) is 0 Å². The van der Waals surface area contributed by atoms with Crippen LogP contribution in [0.1, 0.15) is 160 Å². The number of carbonyl (C=O) groups is 4. The minimum atomic E-state index is -1.23. The molecule has 0 radical (unpaired) electrons. The molecular formula is C63H100N12O8S. The van der Waals surface area contributed by atoms with Gasteiger partial charge in [-0.05, 0) is 90.8 Å². The molecule has 0 bridgehead atoms. The van der Waals surface area contributed by atoms with Gasteiger partial charge in [0.1, 0.15) is 17.7 Å². The Bertz CT molecular complexity index is 2680. The molecule has 2 fully saturated rings. The largest absolute Gasteiger partial charge is 0.465 e. The van der Waals surface area contributed by atoms with Crippen LogP contribution in [0.15, 0.2) is 48.5 Å². The summed E-state index contributed by atoms with van der Waals surface area (Å²) in [6.07, 6.45) is 10.3. The number of thiazole rings is 1. The van der Waals surface area contributed by atoms with Crippen molar-refractivity contribution in [2.45, 2.75) is 190 Å². The quantitative estimate of drug-likeness (QED) is 0.0539. The molecule has 0 spiro atoms. The third-order valence-electron chi connectivity index (χ3n) is 16.4. The van der Waals surface area contributed by atoms with Gasteiger partial charge in [-0.15, -0.1) is 11.3 Å². The van der Waals surface area contributed by atoms with E-state index < -0.39 is 58.7 Å². The lowest BCUT2D eigenvalue weighted by Crippen LogP contribution is -2.69. The molecule has 4 atom stereocenters. The summed E-state index contributed by atoms with van der Waals surface area (Å²) in [6, 6.07) is 13.6. The summed E-state index contributed by atoms with van der Waals surface area (Å²) in [5, 5.41) is 43.8. The van der Waals surface area contributed by atoms with E-state index in [0.29, 0.717) is 31.9 Å². The number of para-hydroxylation sites is 1. The minimum absolute atomic E-state index is 0.0451. The van der Waals surface area contributed by atoms with Gasteiger partial charge in [0.2, 0.25) is 17.8 Å². The molecule has 84 heavy (non-hydrogen) atoms. The summed E-state index contributed by atoms with van der Waals surface area (Å²) < 4.78 is 7.49. The first-order valence-electron chi connectivity index (χ1n) is 30.8. The van der Waals surface area contributed by atoms with Crippen LogP contribution in [0.4, 0.5) is 32.0 Å². The van der Waals surface area contributed by atoms with E-state index in [1.165, 1.54) is 59.6 Å². The monoisotopic (exact) mass is 1180 g/mol. The number of ether oxygens (including phenoxy) is 1. The fourth-order valence-electron chi connectivity index (χ4n) is 11.8. The number of nitrogens with one attached hydrogen (secondary N) is 3. The Labute approximate surface area is 503 Å². The Morgan fingerprint density at radius 3 is 1.89 bits per heavy atom. The summed E-state index contributed by atoms with van der Waals surface area (Å²) in [4.78, 5) is 81.9. The van der Waals surface area contributed by atoms with Crippen LogP contribution in [-0.2, 0) is 4.79 Å². The highest BCUT2D eigenvalue weighted by Crippen LogP contribution is 2.42. The van der Waals surface area contributed by atoms with E-state index in [-0.39, 0.29) is 75.7 Å². The van der Waals surface area contributed by atoms with Crippen LogP contribution in [0.3, 0.4) is 0 Å². The number of amides is 4. The molecule has 4 unspecified atom stereocenters. The van der Waals surface area contributed by atoms with Gasteiger partial charge in [-0.1, -0.05) is 146 Å². The second-order valence-electron chi connectivity index (χ2n) is 26.9. The number of carboxylic acid groups (broad SMARTS) is 3. The molecule has 6 N–H and O–H groups in total. The van der Waals surface area contributed by atoms with E-state index in [4.69, 9.17) is 24.7 Å². The van der Waals surface area contributed by atoms with Crippen molar-refractivity contribution in [1.29, 1.82) is 0 Å². The minimum Gasteiger partial charge on any atom is -0.465 e. The van der Waals surface area contributed by atoms with Crippen molar-refractivity contribution < 1.29 is 39.2 Å². The Hall–Kier alpha value is -6.22. The molecule has 6 rings (SSSR count). The van der Waals surface area contributed by atoms with Crippen LogP contribution in [0.2, 0.25) is 0 Å². The number of anilines is 3. The smallest absolute Gasteiger partial charge is 0.407 e. The van der Waals surface area contributed by atoms with Gasteiger partial charge in [0.25, 0.3) is 0 Å². The van der Waals surface area contributed by atoms with Crippen molar-refractivity contribution in [3.8, 4) is 16.6 Å². The standard InChI is InChI=1S/C63H100N12O8S/c1-43(2)41-48(53(76)64-33-24-34-72-35-37-73(58(77)78)42-50(61(3,4)5)75(60(81)82)52(63(9,10)11)51(62(6,7)8)74(38-36-72)59(79)80)67-56-68-55(65-45-25-20-18-16-14-13-15-17-19-21-26-45)69-57(70-56)83-40-39-71(12)46-31-29-44(30-32-46)54-66-47-27-22-23-28-49(47)84-54/h22-23,27-32,43,45,48,50-52H,13-21,24-26,33-42H2,1-12H3,(H,64,76)(H,77,78)(H,79,80)(H,81,82)(H2,65,67,68,69,70). The first kappa shape index (κ1) is 66.9. The van der Waals surface area contributed by atoms with E-state index >= 15 is 0 Å². The molecule has 3 heterocycles. The third kappa shape index (κ3) is 19.9. The number of rotatable bonds is 17. The lowest BCUT2D eigenvalue weighted by molar-refractivity contribution is -0.122. The van der Waals surface area contributed by atoms with Crippen LogP contribution >= 0.6 is 11.3 Å². The molecule has 21 heteroatoms. The molecule has 2 aromatic heterocycles. The SMILES string of the molecule is CC(C)CC(Nc1nc(NC2CCCCCCCCCCC2)nc(OCCN(C)c2ccc(-c3nc4ccccc4s3)cc2)n1)C(=O)NCCCN1CCN(C(=O)O)CC(C(C)(C)C)N(C(=O)O)C(C(C)(C)C)C(C(C)(C)C)N(C(=O)O)CC1. The lowest BCUT2D eigenvalue weighted by atomic mass is 9.69. The molecule has 1 aliphatic carbocycles. The molecule has 4 amide bonds. The number of likely N-dealkylation sites (N-methyl/N-ethyl adjacent to an activating group) is 1. The van der Waals surface area contributed by atoms with Gasteiger partial charge in [0.05, 0.1) is 34.9 Å². The molecule has 4 aromatic rings. The first-order chi connectivity index (χ1) is 39.7. The summed E-state index contributed by atoms with van der Waals surface area (Å²) in [6.45, 7) is 23.4. The summed E-state index contributed by atoms with van der Waals surface area (Å²) in [7, 11) is 2.02. The van der Waals surface area contributed by atoms with E-state index in [1.54, 1.807) is 11.3 Å². The number of benzene rings is 2. The zero-order valence-corrected chi connectivity index (χ0v) is 53.3. The molecular weight excluding hydrogens is 1080 g/mol. The van der Waals surface area contributed by atoms with Gasteiger partial charge in [-0.25, -0.2) is 19.4 Å². The van der Waals surface area contributed by atoms with Gasteiger partial charge in [-0.3, -0.25) is 14.6 Å². The van der Waals surface area contributed by atoms with E-state index in [0.717, 1.165) is 52.2 Å². The van der Waals surface area contributed by atoms with Crippen molar-refractivity contribution in [3.05, 3.63) is 48.5 Å². The van der Waals surface area contributed by atoms with Gasteiger partial charge < -0.3 is 50.7 Å². The maximum absolute atomic E-state index is 14.3. The number of hydrogen-bond donors (Lipinski definition) is 6. The predicted octanol–water partition coefficient (Wildman–Crippen LogP) is 12.6. The highest BCUT2D eigenvalue weighted by molar-refractivity contribution is 7.21. The third-order valence-corrected chi connectivity index (χ3v) is 17.4. The van der Waals surface area contributed by atoms with Crippen molar-refractivity contribution in [1.82, 2.24) is 44.9 Å². The van der Waals surface area contributed by atoms with Crippen LogP contribution in [0, 0.1) is 22.2 Å². The molecule has 1 aliphatic heterocycles. The number of carbonyl (C=O) groups excluding carboxylic acids is 1. The van der Waals surface area contributed by atoms with Crippen molar-refractivity contribution in [3.63, 3.8) is 0 Å². The second-order valence-corrected chi connectivity index (χ2v) is 27.9. The Morgan fingerprint density at radius 2 is 1.32 bits per heavy atom. The van der Waals surface area contributed by atoms with Crippen LogP contribution in [0.25, 0.3) is 20.8 Å². The molecule has 2 aliphatic rings. The highest BCUT2D eigenvalue weighted by atomic mass is 32.1. The molecule has 466 valence electrons. The predicted molar refractivity (Wildman–Crippen MR) is 337 cm³/mol. The number of aromatic nitrogens is 4. The highest BCUT2D eigenvalue weighted by Gasteiger charge is 2.52. The average molecular weight is 1190 g/mol. The maximum atomic E-state index is 14.3. The second kappa shape index (κ2) is 30.7. The summed E-state index contributed by atoms with van der Waals surface area (Å²) in [5.74, 6) is 0.504. The van der Waals surface area contributed by atoms with E-state index in [1.807, 2.05) is 92.5 Å². The maximum Gasteiger partial charge on any atom is 0.407 e. The Kier molecular flexibility index (Phi) is 24.5. The lowest BCUT2D eigenvalue weighted by Gasteiger charge is -2.55. The fraction of sp³-hybridized carbons (Fsp3) is 0.683. The van der Waals surface area contributed by atoms with Crippen molar-refractivity contribution in [2.24, 2.45) is 22.2 Å². The van der Waals surface area contributed by atoms with Gasteiger partial charge in [0, 0.05) is 63.6 Å². The van der Waals surface area contributed by atoms with Crippen molar-refractivity contribution in [2.75, 3.05) is 81.5 Å². The van der Waals surface area contributed by atoms with Crippen LogP contribution < -0.4 is 25.6 Å². The van der Waals surface area contributed by atoms with Crippen LogP contribution in [0.5, 0.6) is 6.01 Å². The summed E-state index contributed by atoms with van der Waals surface area (Å²) >= 11 is 1.68. The molecule has 1 saturated heterocycles.